The molecule has 0 bridgehead atoms. The third kappa shape index (κ3) is 6.84. The fourth-order valence-electron chi connectivity index (χ4n) is 1.07. The van der Waals surface area contributed by atoms with E-state index in [2.05, 4.69) is 23.0 Å². The molecule has 0 fully saturated rings. The molecule has 0 aromatic heterocycles. The monoisotopic (exact) mass is 267 g/mol. The molecular formula is C8H19NiO2P2. The van der Waals surface area contributed by atoms with E-state index in [0.29, 0.717) is 0 Å². The third-order valence-corrected chi connectivity index (χ3v) is 2.92. The Morgan fingerprint density at radius 1 is 1.46 bits per heavy atom. The average Bonchev–Trinajstić information content (AvgIpc) is 2.04. The fraction of sp³-hybridized carbons (Fsp3) is 0.875. The summed E-state index contributed by atoms with van der Waals surface area (Å²) in [6, 6.07) is 0. The molecule has 0 amide bonds. The average molecular weight is 268 g/mol. The SMILES string of the molecule is CCCCC(CC)C(=O)[O][Ni]([PH2])[PH2]. The summed E-state index contributed by atoms with van der Waals surface area (Å²) in [5.74, 6) is 0.0516. The van der Waals surface area contributed by atoms with Gasteiger partial charge in [0.2, 0.25) is 0 Å². The zero-order chi connectivity index (χ0) is 10.3. The first-order valence-corrected chi connectivity index (χ1v) is 8.98. The van der Waals surface area contributed by atoms with Gasteiger partial charge in [-0.25, -0.2) is 0 Å². The number of unbranched alkanes of at least 4 members (excludes halogenated alkanes) is 1. The number of rotatable bonds is 6. The molecule has 0 heterocycles. The number of hydrogen-bond donors (Lipinski definition) is 0. The number of hydrogen-bond acceptors (Lipinski definition) is 2. The molecule has 0 spiro atoms. The molecule has 0 saturated carbocycles. The van der Waals surface area contributed by atoms with E-state index in [4.69, 9.17) is 3.88 Å². The summed E-state index contributed by atoms with van der Waals surface area (Å²) in [6.45, 7) is 4.17. The summed E-state index contributed by atoms with van der Waals surface area (Å²) in [4.78, 5) is 11.5. The second kappa shape index (κ2) is 8.16. The maximum atomic E-state index is 11.5. The molecule has 5 heteroatoms. The molecule has 0 aromatic rings. The molecule has 13 heavy (non-hydrogen) atoms. The topological polar surface area (TPSA) is 26.3 Å². The zero-order valence-corrected chi connectivity index (χ0v) is 11.5. The van der Waals surface area contributed by atoms with Crippen molar-refractivity contribution in [2.45, 2.75) is 39.5 Å². The van der Waals surface area contributed by atoms with Gasteiger partial charge < -0.3 is 0 Å². The summed E-state index contributed by atoms with van der Waals surface area (Å²) in [5.41, 5.74) is 0. The van der Waals surface area contributed by atoms with Gasteiger partial charge in [-0.15, -0.1) is 0 Å². The van der Waals surface area contributed by atoms with Gasteiger partial charge in [0.1, 0.15) is 0 Å². The Morgan fingerprint density at radius 3 is 2.46 bits per heavy atom. The predicted molar refractivity (Wildman–Crippen MR) is 58.8 cm³/mol. The van der Waals surface area contributed by atoms with Gasteiger partial charge in [-0.3, -0.25) is 0 Å². The van der Waals surface area contributed by atoms with Crippen molar-refractivity contribution in [1.82, 2.24) is 0 Å². The van der Waals surface area contributed by atoms with Gasteiger partial charge in [-0.05, 0) is 0 Å². The van der Waals surface area contributed by atoms with E-state index in [1.165, 1.54) is 0 Å². The molecule has 0 saturated heterocycles. The van der Waals surface area contributed by atoms with Crippen molar-refractivity contribution >= 4 is 22.0 Å². The molecule has 0 N–H and O–H groups in total. The Balaban J connectivity index is 3.84. The van der Waals surface area contributed by atoms with Crippen molar-refractivity contribution in [1.29, 1.82) is 0 Å². The molecule has 0 rings (SSSR count). The molecular weight excluding hydrogens is 249 g/mol. The van der Waals surface area contributed by atoms with Crippen LogP contribution in [0.15, 0.2) is 0 Å². The van der Waals surface area contributed by atoms with E-state index in [0.717, 1.165) is 25.7 Å². The van der Waals surface area contributed by atoms with Crippen molar-refractivity contribution in [2.75, 3.05) is 0 Å². The molecule has 0 aromatic carbocycles. The van der Waals surface area contributed by atoms with Crippen LogP contribution in [-0.2, 0) is 21.5 Å². The predicted octanol–water partition coefficient (Wildman–Crippen LogP) is 2.86. The second-order valence-electron chi connectivity index (χ2n) is 2.89. The van der Waals surface area contributed by atoms with E-state index in [-0.39, 0.29) is 11.9 Å². The van der Waals surface area contributed by atoms with Gasteiger partial charge in [0.05, 0.1) is 0 Å². The Hall–Kier alpha value is 0.824. The van der Waals surface area contributed by atoms with Crippen LogP contribution in [-0.4, -0.2) is 5.97 Å². The summed E-state index contributed by atoms with van der Waals surface area (Å²) < 4.78 is 5.13. The van der Waals surface area contributed by atoms with Crippen LogP contribution in [0.4, 0.5) is 0 Å². The van der Waals surface area contributed by atoms with Crippen LogP contribution in [0, 0.1) is 5.92 Å². The zero-order valence-electron chi connectivity index (χ0n) is 8.19. The first-order valence-electron chi connectivity index (χ1n) is 4.42. The van der Waals surface area contributed by atoms with Crippen LogP contribution < -0.4 is 0 Å². The van der Waals surface area contributed by atoms with Gasteiger partial charge in [0.25, 0.3) is 0 Å². The standard InChI is InChI=1S/C8H16O2.Ni.2H2P/c1-3-5-6-7(4-2)8(9)10;;;/h7H,3-6H2,1-2H3,(H,9,10);;2*1H2/q;+3;2*-1/p-1. The maximum absolute atomic E-state index is 11.5. The molecule has 0 radical (unpaired) electrons. The third-order valence-electron chi connectivity index (χ3n) is 1.87. The normalized spacial score (nSPS) is 13.7. The molecule has 0 aliphatic rings. The van der Waals surface area contributed by atoms with Crippen LogP contribution >= 0.6 is 16.0 Å². The van der Waals surface area contributed by atoms with Crippen molar-refractivity contribution in [3.05, 3.63) is 0 Å². The van der Waals surface area contributed by atoms with Crippen molar-refractivity contribution in [2.24, 2.45) is 5.92 Å². The molecule has 83 valence electrons. The number of carbonyl (C=O) groups excluding carboxylic acids is 1. The van der Waals surface area contributed by atoms with E-state index in [1.807, 2.05) is 6.92 Å². The van der Waals surface area contributed by atoms with Crippen LogP contribution in [0.5, 0.6) is 0 Å². The summed E-state index contributed by atoms with van der Waals surface area (Å²) in [5, 5.41) is 0. The first kappa shape index (κ1) is 13.8. The summed E-state index contributed by atoms with van der Waals surface area (Å²) in [7, 11) is 4.96. The first-order chi connectivity index (χ1) is 6.11. The van der Waals surface area contributed by atoms with Crippen LogP contribution in [0.1, 0.15) is 39.5 Å². The number of carbonyl (C=O) groups is 1. The van der Waals surface area contributed by atoms with Crippen LogP contribution in [0.25, 0.3) is 0 Å². The van der Waals surface area contributed by atoms with Crippen LogP contribution in [0.3, 0.4) is 0 Å². The van der Waals surface area contributed by atoms with Gasteiger partial charge in [0, 0.05) is 0 Å². The molecule has 3 atom stereocenters. The van der Waals surface area contributed by atoms with E-state index in [1.54, 1.807) is 0 Å². The van der Waals surface area contributed by atoms with E-state index < -0.39 is 12.9 Å². The van der Waals surface area contributed by atoms with Crippen molar-refractivity contribution < 1.29 is 21.5 Å². The Morgan fingerprint density at radius 2 is 2.08 bits per heavy atom. The van der Waals surface area contributed by atoms with Crippen molar-refractivity contribution in [3.63, 3.8) is 0 Å². The van der Waals surface area contributed by atoms with Gasteiger partial charge in [-0.1, -0.05) is 0 Å². The van der Waals surface area contributed by atoms with Gasteiger partial charge in [0.15, 0.2) is 0 Å². The Kier molecular flexibility index (Phi) is 8.68. The quantitative estimate of drug-likeness (QED) is 0.546. The van der Waals surface area contributed by atoms with Gasteiger partial charge in [-0.2, -0.15) is 0 Å². The molecule has 2 nitrogen and oxygen atoms in total. The Labute approximate surface area is 89.2 Å². The van der Waals surface area contributed by atoms with E-state index in [9.17, 15) is 4.79 Å². The van der Waals surface area contributed by atoms with Crippen LogP contribution in [0.2, 0.25) is 0 Å². The Bertz CT molecular complexity index is 153. The minimum absolute atomic E-state index is 0.0454. The molecule has 0 aliphatic carbocycles. The summed E-state index contributed by atoms with van der Waals surface area (Å²) in [6.07, 6.45) is 4.09. The van der Waals surface area contributed by atoms with E-state index >= 15 is 0 Å². The molecule has 3 unspecified atom stereocenters. The summed E-state index contributed by atoms with van der Waals surface area (Å²) >= 11 is -0.509. The van der Waals surface area contributed by atoms with Crippen molar-refractivity contribution in [3.8, 4) is 0 Å². The minimum atomic E-state index is -0.509. The fourth-order valence-corrected chi connectivity index (χ4v) is 2.07. The molecule has 0 aliphatic heterocycles. The second-order valence-corrected chi connectivity index (χ2v) is 8.59. The van der Waals surface area contributed by atoms with Gasteiger partial charge >= 0.3 is 89.0 Å².